The van der Waals surface area contributed by atoms with Gasteiger partial charge in [-0.25, -0.2) is 0 Å². The molecule has 0 saturated carbocycles. The lowest BCUT2D eigenvalue weighted by Crippen LogP contribution is -2.25. The van der Waals surface area contributed by atoms with Crippen molar-refractivity contribution in [1.29, 1.82) is 0 Å². The molecule has 3 heteroatoms. The summed E-state index contributed by atoms with van der Waals surface area (Å²) in [5, 5.41) is 3.45. The molecule has 0 aliphatic carbocycles. The maximum absolute atomic E-state index is 5.29. The lowest BCUT2D eigenvalue weighted by atomic mass is 10.1. The zero-order chi connectivity index (χ0) is 9.36. The van der Waals surface area contributed by atoms with E-state index < -0.39 is 0 Å². The van der Waals surface area contributed by atoms with E-state index in [4.69, 9.17) is 4.74 Å². The zero-order valence-electron chi connectivity index (χ0n) is 8.13. The molecule has 1 aliphatic heterocycles. The van der Waals surface area contributed by atoms with Gasteiger partial charge in [-0.05, 0) is 12.3 Å². The number of hydrogen-bond donors (Lipinski definition) is 1. The summed E-state index contributed by atoms with van der Waals surface area (Å²) >= 11 is 1.92. The monoisotopic (exact) mass is 201 g/mol. The molecule has 0 radical (unpaired) electrons. The summed E-state index contributed by atoms with van der Waals surface area (Å²) in [4.78, 5) is 0. The Balaban J connectivity index is 1.80. The number of thioether (sulfide) groups is 1. The molecular weight excluding hydrogens is 182 g/mol. The van der Waals surface area contributed by atoms with Gasteiger partial charge in [0.1, 0.15) is 0 Å². The van der Waals surface area contributed by atoms with Crippen molar-refractivity contribution in [2.45, 2.75) is 6.42 Å². The van der Waals surface area contributed by atoms with Gasteiger partial charge < -0.3 is 10.1 Å². The molecule has 2 nitrogen and oxygen atoms in total. The third kappa shape index (κ3) is 5.34. The maximum Gasteiger partial charge on any atom is 0.0507 e. The van der Waals surface area contributed by atoms with Crippen LogP contribution < -0.4 is 5.32 Å². The smallest absolute Gasteiger partial charge is 0.0507 e. The highest BCUT2D eigenvalue weighted by atomic mass is 32.2. The molecule has 0 spiro atoms. The third-order valence-corrected chi connectivity index (χ3v) is 3.08. The molecule has 1 N–H and O–H groups in total. The molecule has 0 aromatic rings. The highest BCUT2D eigenvalue weighted by Crippen LogP contribution is 2.10. The van der Waals surface area contributed by atoms with Crippen molar-refractivity contribution in [3.8, 4) is 0 Å². The Labute approximate surface area is 85.1 Å². The van der Waals surface area contributed by atoms with Crippen molar-refractivity contribution in [3.63, 3.8) is 0 Å². The standard InChI is InChI=1S/C10H19NOS/c1-2-6-13-7-4-11-8-10-3-5-12-9-10/h2,10-11H,1,3-9H2. The quantitative estimate of drug-likeness (QED) is 0.498. The lowest BCUT2D eigenvalue weighted by molar-refractivity contribution is 0.185. The van der Waals surface area contributed by atoms with E-state index in [0.29, 0.717) is 0 Å². The molecule has 0 aromatic carbocycles. The zero-order valence-corrected chi connectivity index (χ0v) is 8.94. The van der Waals surface area contributed by atoms with Crippen molar-refractivity contribution >= 4 is 11.8 Å². The van der Waals surface area contributed by atoms with E-state index in [2.05, 4.69) is 11.9 Å². The van der Waals surface area contributed by atoms with Crippen LogP contribution in [0.5, 0.6) is 0 Å². The van der Waals surface area contributed by atoms with Crippen molar-refractivity contribution in [1.82, 2.24) is 5.32 Å². The van der Waals surface area contributed by atoms with E-state index in [1.807, 2.05) is 17.8 Å². The minimum absolute atomic E-state index is 0.754. The molecular formula is C10H19NOS. The summed E-state index contributed by atoms with van der Waals surface area (Å²) < 4.78 is 5.29. The van der Waals surface area contributed by atoms with Gasteiger partial charge in [0.15, 0.2) is 0 Å². The summed E-state index contributed by atoms with van der Waals surface area (Å²) in [5.41, 5.74) is 0. The molecule has 76 valence electrons. The first kappa shape index (κ1) is 11.1. The van der Waals surface area contributed by atoms with E-state index in [9.17, 15) is 0 Å². The second-order valence-corrected chi connectivity index (χ2v) is 4.45. The summed E-state index contributed by atoms with van der Waals surface area (Å²) in [7, 11) is 0. The van der Waals surface area contributed by atoms with Crippen LogP contribution in [0.3, 0.4) is 0 Å². The van der Waals surface area contributed by atoms with E-state index in [-0.39, 0.29) is 0 Å². The van der Waals surface area contributed by atoms with Gasteiger partial charge >= 0.3 is 0 Å². The minimum atomic E-state index is 0.754. The van der Waals surface area contributed by atoms with Gasteiger partial charge in [0.05, 0.1) is 6.61 Å². The topological polar surface area (TPSA) is 21.3 Å². The molecule has 1 atom stereocenters. The van der Waals surface area contributed by atoms with E-state index in [1.54, 1.807) is 0 Å². The average Bonchev–Trinajstić information content (AvgIpc) is 2.63. The molecule has 0 aromatic heterocycles. The molecule has 0 bridgehead atoms. The van der Waals surface area contributed by atoms with Gasteiger partial charge in [-0.15, -0.1) is 6.58 Å². The van der Waals surface area contributed by atoms with Crippen LogP contribution in [0.15, 0.2) is 12.7 Å². The molecule has 1 saturated heterocycles. The van der Waals surface area contributed by atoms with Gasteiger partial charge in [0, 0.05) is 31.2 Å². The van der Waals surface area contributed by atoms with E-state index in [0.717, 1.165) is 38.0 Å². The van der Waals surface area contributed by atoms with Gasteiger partial charge in [-0.1, -0.05) is 6.08 Å². The molecule has 1 heterocycles. The van der Waals surface area contributed by atoms with Crippen LogP contribution in [0.25, 0.3) is 0 Å². The highest BCUT2D eigenvalue weighted by Gasteiger charge is 2.14. The van der Waals surface area contributed by atoms with Gasteiger partial charge in [-0.3, -0.25) is 0 Å². The van der Waals surface area contributed by atoms with Gasteiger partial charge in [-0.2, -0.15) is 11.8 Å². The highest BCUT2D eigenvalue weighted by molar-refractivity contribution is 7.99. The van der Waals surface area contributed by atoms with Gasteiger partial charge in [0.2, 0.25) is 0 Å². The minimum Gasteiger partial charge on any atom is -0.381 e. The summed E-state index contributed by atoms with van der Waals surface area (Å²) in [5.74, 6) is 3.00. The SMILES string of the molecule is C=CCSCCNCC1CCOC1. The number of rotatable bonds is 7. The predicted molar refractivity (Wildman–Crippen MR) is 59.3 cm³/mol. The van der Waals surface area contributed by atoms with Crippen molar-refractivity contribution in [2.24, 2.45) is 5.92 Å². The molecule has 1 rings (SSSR count). The fourth-order valence-electron chi connectivity index (χ4n) is 1.36. The first-order valence-corrected chi connectivity index (χ1v) is 6.06. The number of hydrogen-bond acceptors (Lipinski definition) is 3. The predicted octanol–water partition coefficient (Wildman–Crippen LogP) is 1.53. The van der Waals surface area contributed by atoms with Crippen LogP contribution in [0.4, 0.5) is 0 Å². The van der Waals surface area contributed by atoms with E-state index in [1.165, 1.54) is 12.2 Å². The Morgan fingerprint density at radius 2 is 2.54 bits per heavy atom. The first-order chi connectivity index (χ1) is 6.43. The Morgan fingerprint density at radius 1 is 1.62 bits per heavy atom. The number of nitrogens with one attached hydrogen (secondary N) is 1. The Bertz CT molecular complexity index is 135. The fraction of sp³-hybridized carbons (Fsp3) is 0.800. The normalized spacial score (nSPS) is 22.0. The maximum atomic E-state index is 5.29. The second kappa shape index (κ2) is 7.42. The third-order valence-electron chi connectivity index (χ3n) is 2.12. The Kier molecular flexibility index (Phi) is 6.33. The van der Waals surface area contributed by atoms with Crippen LogP contribution in [0, 0.1) is 5.92 Å². The van der Waals surface area contributed by atoms with Crippen LogP contribution in [0.2, 0.25) is 0 Å². The molecule has 13 heavy (non-hydrogen) atoms. The van der Waals surface area contributed by atoms with Crippen LogP contribution >= 0.6 is 11.8 Å². The molecule has 0 amide bonds. The second-order valence-electron chi connectivity index (χ2n) is 3.30. The summed E-state index contributed by atoms with van der Waals surface area (Å²) in [6.07, 6.45) is 3.18. The molecule has 1 unspecified atom stereocenters. The van der Waals surface area contributed by atoms with Crippen LogP contribution in [-0.4, -0.2) is 37.8 Å². The fourth-order valence-corrected chi connectivity index (χ4v) is 1.98. The Morgan fingerprint density at radius 3 is 3.23 bits per heavy atom. The van der Waals surface area contributed by atoms with Crippen LogP contribution in [0.1, 0.15) is 6.42 Å². The van der Waals surface area contributed by atoms with Crippen LogP contribution in [-0.2, 0) is 4.74 Å². The first-order valence-electron chi connectivity index (χ1n) is 4.90. The largest absolute Gasteiger partial charge is 0.381 e. The average molecular weight is 201 g/mol. The number of ether oxygens (including phenoxy) is 1. The summed E-state index contributed by atoms with van der Waals surface area (Å²) in [6, 6.07) is 0. The summed E-state index contributed by atoms with van der Waals surface area (Å²) in [6.45, 7) is 7.82. The molecule has 1 fully saturated rings. The molecule has 1 aliphatic rings. The van der Waals surface area contributed by atoms with Crippen molar-refractivity contribution in [2.75, 3.05) is 37.8 Å². The van der Waals surface area contributed by atoms with Crippen molar-refractivity contribution < 1.29 is 4.74 Å². The van der Waals surface area contributed by atoms with E-state index >= 15 is 0 Å². The van der Waals surface area contributed by atoms with Gasteiger partial charge in [0.25, 0.3) is 0 Å². The Hall–Kier alpha value is 0.01000. The lowest BCUT2D eigenvalue weighted by Gasteiger charge is -2.08. The van der Waals surface area contributed by atoms with Crippen molar-refractivity contribution in [3.05, 3.63) is 12.7 Å².